The summed E-state index contributed by atoms with van der Waals surface area (Å²) < 4.78 is 2.15. The first-order valence-electron chi connectivity index (χ1n) is 4.90. The van der Waals surface area contributed by atoms with E-state index in [1.165, 1.54) is 0 Å². The van der Waals surface area contributed by atoms with Crippen molar-refractivity contribution in [2.75, 3.05) is 6.61 Å². The van der Waals surface area contributed by atoms with E-state index in [4.69, 9.17) is 0 Å². The Balaban J connectivity index is 2.09. The molecule has 1 aromatic heterocycles. The molecule has 72 valence electrons. The highest BCUT2D eigenvalue weighted by molar-refractivity contribution is 5.04. The zero-order chi connectivity index (χ0) is 9.31. The molecule has 1 aliphatic carbocycles. The minimum absolute atomic E-state index is 0.179. The van der Waals surface area contributed by atoms with E-state index in [9.17, 15) is 5.11 Å². The van der Waals surface area contributed by atoms with Gasteiger partial charge in [0, 0.05) is 37.4 Å². The fraction of sp³-hybridized carbons (Fsp3) is 0.700. The summed E-state index contributed by atoms with van der Waals surface area (Å²) in [5, 5.41) is 9.18. The molecular weight excluding hydrogens is 164 g/mol. The molecule has 3 heteroatoms. The van der Waals surface area contributed by atoms with Crippen molar-refractivity contribution in [1.82, 2.24) is 9.55 Å². The lowest BCUT2D eigenvalue weighted by Crippen LogP contribution is -2.14. The maximum atomic E-state index is 9.18. The van der Waals surface area contributed by atoms with E-state index in [1.54, 1.807) is 0 Å². The molecule has 2 rings (SSSR count). The van der Waals surface area contributed by atoms with Crippen LogP contribution < -0.4 is 0 Å². The molecule has 1 aliphatic rings. The lowest BCUT2D eigenvalue weighted by atomic mass is 10.0. The predicted molar refractivity (Wildman–Crippen MR) is 50.4 cm³/mol. The number of hydrogen-bond acceptors (Lipinski definition) is 2. The number of aliphatic hydroxyl groups is 1. The standard InChI is InChI=1S/C10H16N2O/c1-2-12-6-5-11-9(12)7-10(8-13)3-4-10/h5-6,13H,2-4,7-8H2,1H3. The van der Waals surface area contributed by atoms with Gasteiger partial charge in [-0.15, -0.1) is 0 Å². The van der Waals surface area contributed by atoms with Crippen LogP contribution in [0, 0.1) is 5.41 Å². The van der Waals surface area contributed by atoms with E-state index in [2.05, 4.69) is 16.5 Å². The molecule has 0 amide bonds. The number of aryl methyl sites for hydroxylation is 1. The smallest absolute Gasteiger partial charge is 0.109 e. The van der Waals surface area contributed by atoms with Gasteiger partial charge < -0.3 is 9.67 Å². The molecule has 0 aliphatic heterocycles. The first kappa shape index (κ1) is 8.75. The van der Waals surface area contributed by atoms with Crippen LogP contribution in [0.15, 0.2) is 12.4 Å². The van der Waals surface area contributed by atoms with Gasteiger partial charge in [-0.1, -0.05) is 0 Å². The average molecular weight is 180 g/mol. The molecule has 0 spiro atoms. The molecule has 1 N–H and O–H groups in total. The number of rotatable bonds is 4. The zero-order valence-electron chi connectivity index (χ0n) is 8.03. The molecule has 3 nitrogen and oxygen atoms in total. The maximum Gasteiger partial charge on any atom is 0.109 e. The Morgan fingerprint density at radius 3 is 2.92 bits per heavy atom. The fourth-order valence-corrected chi connectivity index (χ4v) is 1.70. The zero-order valence-corrected chi connectivity index (χ0v) is 8.03. The third-order valence-corrected chi connectivity index (χ3v) is 2.97. The van der Waals surface area contributed by atoms with Crippen LogP contribution >= 0.6 is 0 Å². The van der Waals surface area contributed by atoms with Gasteiger partial charge in [-0.05, 0) is 19.8 Å². The number of nitrogens with zero attached hydrogens (tertiary/aromatic N) is 2. The van der Waals surface area contributed by atoms with Crippen molar-refractivity contribution in [2.24, 2.45) is 5.41 Å². The second kappa shape index (κ2) is 3.14. The summed E-state index contributed by atoms with van der Waals surface area (Å²) in [6.45, 7) is 3.39. The van der Waals surface area contributed by atoms with E-state index in [0.29, 0.717) is 6.61 Å². The highest BCUT2D eigenvalue weighted by Gasteiger charge is 2.42. The van der Waals surface area contributed by atoms with Crippen LogP contribution in [0.25, 0.3) is 0 Å². The first-order valence-corrected chi connectivity index (χ1v) is 4.90. The summed E-state index contributed by atoms with van der Waals surface area (Å²) >= 11 is 0. The van der Waals surface area contributed by atoms with Crippen molar-refractivity contribution >= 4 is 0 Å². The molecule has 1 aromatic rings. The summed E-state index contributed by atoms with van der Waals surface area (Å²) in [4.78, 5) is 4.31. The minimum Gasteiger partial charge on any atom is -0.396 e. The van der Waals surface area contributed by atoms with Crippen molar-refractivity contribution in [2.45, 2.75) is 32.7 Å². The van der Waals surface area contributed by atoms with Crippen LogP contribution in [0.2, 0.25) is 0 Å². The van der Waals surface area contributed by atoms with Gasteiger partial charge in [0.1, 0.15) is 5.82 Å². The summed E-state index contributed by atoms with van der Waals surface area (Å²) in [5.74, 6) is 1.12. The Morgan fingerprint density at radius 1 is 1.62 bits per heavy atom. The van der Waals surface area contributed by atoms with Gasteiger partial charge in [-0.2, -0.15) is 0 Å². The second-order valence-electron chi connectivity index (χ2n) is 3.96. The van der Waals surface area contributed by atoms with Crippen LogP contribution in [-0.4, -0.2) is 21.3 Å². The third-order valence-electron chi connectivity index (χ3n) is 2.97. The summed E-state index contributed by atoms with van der Waals surface area (Å²) in [7, 11) is 0. The molecule has 0 aromatic carbocycles. The van der Waals surface area contributed by atoms with E-state index in [1.807, 2.05) is 12.4 Å². The number of aliphatic hydroxyl groups excluding tert-OH is 1. The largest absolute Gasteiger partial charge is 0.396 e. The van der Waals surface area contributed by atoms with Crippen molar-refractivity contribution in [3.63, 3.8) is 0 Å². The number of imidazole rings is 1. The van der Waals surface area contributed by atoms with Crippen LogP contribution in [0.5, 0.6) is 0 Å². The average Bonchev–Trinajstić information content (AvgIpc) is 2.78. The van der Waals surface area contributed by atoms with Gasteiger partial charge in [-0.3, -0.25) is 0 Å². The first-order chi connectivity index (χ1) is 6.29. The third kappa shape index (κ3) is 1.61. The number of aromatic nitrogens is 2. The van der Waals surface area contributed by atoms with Gasteiger partial charge in [0.15, 0.2) is 0 Å². The monoisotopic (exact) mass is 180 g/mol. The molecule has 0 saturated heterocycles. The van der Waals surface area contributed by atoms with Gasteiger partial charge in [0.05, 0.1) is 0 Å². The summed E-state index contributed by atoms with van der Waals surface area (Å²) in [6.07, 6.45) is 7.08. The molecule has 13 heavy (non-hydrogen) atoms. The summed E-state index contributed by atoms with van der Waals surface area (Å²) in [5.41, 5.74) is 0.179. The topological polar surface area (TPSA) is 38.0 Å². The Labute approximate surface area is 78.4 Å². The van der Waals surface area contributed by atoms with Gasteiger partial charge in [0.25, 0.3) is 0 Å². The second-order valence-corrected chi connectivity index (χ2v) is 3.96. The quantitative estimate of drug-likeness (QED) is 0.756. The lowest BCUT2D eigenvalue weighted by molar-refractivity contribution is 0.208. The molecule has 0 radical (unpaired) electrons. The van der Waals surface area contributed by atoms with Crippen molar-refractivity contribution in [3.05, 3.63) is 18.2 Å². The molecular formula is C10H16N2O. The normalized spacial score (nSPS) is 18.9. The Kier molecular flexibility index (Phi) is 2.12. The Hall–Kier alpha value is -0.830. The minimum atomic E-state index is 0.179. The van der Waals surface area contributed by atoms with Crippen LogP contribution in [0.3, 0.4) is 0 Å². The van der Waals surface area contributed by atoms with Crippen molar-refractivity contribution in [3.8, 4) is 0 Å². The number of hydrogen-bond donors (Lipinski definition) is 1. The van der Waals surface area contributed by atoms with Crippen LogP contribution in [0.1, 0.15) is 25.6 Å². The van der Waals surface area contributed by atoms with Gasteiger partial charge in [0.2, 0.25) is 0 Å². The fourth-order valence-electron chi connectivity index (χ4n) is 1.70. The summed E-state index contributed by atoms with van der Waals surface area (Å²) in [6, 6.07) is 0. The van der Waals surface area contributed by atoms with Crippen molar-refractivity contribution < 1.29 is 5.11 Å². The van der Waals surface area contributed by atoms with Crippen LogP contribution in [-0.2, 0) is 13.0 Å². The highest BCUT2D eigenvalue weighted by atomic mass is 16.3. The molecule has 0 atom stereocenters. The molecule has 0 unspecified atom stereocenters. The van der Waals surface area contributed by atoms with E-state index in [0.717, 1.165) is 31.6 Å². The highest BCUT2D eigenvalue weighted by Crippen LogP contribution is 2.47. The van der Waals surface area contributed by atoms with E-state index >= 15 is 0 Å². The SMILES string of the molecule is CCn1ccnc1CC1(CO)CC1. The van der Waals surface area contributed by atoms with Crippen LogP contribution in [0.4, 0.5) is 0 Å². The maximum absolute atomic E-state index is 9.18. The molecule has 0 bridgehead atoms. The predicted octanol–water partition coefficient (Wildman–Crippen LogP) is 1.22. The molecule has 1 saturated carbocycles. The molecule has 1 heterocycles. The van der Waals surface area contributed by atoms with E-state index in [-0.39, 0.29) is 5.41 Å². The van der Waals surface area contributed by atoms with Crippen molar-refractivity contribution in [1.29, 1.82) is 0 Å². The van der Waals surface area contributed by atoms with E-state index < -0.39 is 0 Å². The lowest BCUT2D eigenvalue weighted by Gasteiger charge is -2.11. The van der Waals surface area contributed by atoms with Gasteiger partial charge in [-0.25, -0.2) is 4.98 Å². The molecule has 1 fully saturated rings. The Bertz CT molecular complexity index is 289. The Morgan fingerprint density at radius 2 is 2.38 bits per heavy atom. The van der Waals surface area contributed by atoms with Gasteiger partial charge >= 0.3 is 0 Å².